The fourth-order valence-electron chi connectivity index (χ4n) is 4.02. The molecule has 0 bridgehead atoms. The molecule has 4 rings (SSSR count). The third kappa shape index (κ3) is 3.06. The van der Waals surface area contributed by atoms with Crippen molar-refractivity contribution in [1.29, 1.82) is 0 Å². The average Bonchev–Trinajstić information content (AvgIpc) is 3.26. The number of rotatable bonds is 3. The molecule has 2 aliphatic rings. The van der Waals surface area contributed by atoms with Gasteiger partial charge in [-0.05, 0) is 46.8 Å². The van der Waals surface area contributed by atoms with Crippen LogP contribution in [0.1, 0.15) is 23.4 Å². The van der Waals surface area contributed by atoms with E-state index in [1.165, 1.54) is 0 Å². The molecule has 138 valence electrons. The Kier molecular flexibility index (Phi) is 4.60. The van der Waals surface area contributed by atoms with E-state index in [0.29, 0.717) is 16.3 Å². The van der Waals surface area contributed by atoms with E-state index in [1.54, 1.807) is 24.5 Å². The summed E-state index contributed by atoms with van der Waals surface area (Å²) < 4.78 is 6.06. The summed E-state index contributed by atoms with van der Waals surface area (Å²) in [7, 11) is 3.95. The summed E-state index contributed by atoms with van der Waals surface area (Å²) in [6.07, 6.45) is 5.55. The third-order valence-corrected chi connectivity index (χ3v) is 5.72. The second-order valence-electron chi connectivity index (χ2n) is 7.05. The molecule has 2 atom stereocenters. The number of hydrogen-bond donors (Lipinski definition) is 0. The first-order valence-electron chi connectivity index (χ1n) is 8.84. The van der Waals surface area contributed by atoms with Crippen LogP contribution in [-0.4, -0.2) is 60.5 Å². The number of fused-ring (bicyclic) bond motifs is 1. The van der Waals surface area contributed by atoms with Gasteiger partial charge in [0.15, 0.2) is 22.1 Å². The predicted octanol–water partition coefficient (Wildman–Crippen LogP) is 2.64. The Morgan fingerprint density at radius 1 is 1.23 bits per heavy atom. The van der Waals surface area contributed by atoms with Crippen molar-refractivity contribution in [2.24, 2.45) is 5.92 Å². The van der Waals surface area contributed by atoms with Crippen LogP contribution in [0.3, 0.4) is 0 Å². The zero-order valence-corrected chi connectivity index (χ0v) is 16.5. The number of furan rings is 1. The van der Waals surface area contributed by atoms with Gasteiger partial charge in [-0.2, -0.15) is 0 Å². The summed E-state index contributed by atoms with van der Waals surface area (Å²) >= 11 is 3.27. The first-order chi connectivity index (χ1) is 12.5. The molecular formula is C18H22BrN5O2. The molecular weight excluding hydrogens is 398 g/mol. The smallest absolute Gasteiger partial charge is 0.289 e. The lowest BCUT2D eigenvalue weighted by atomic mass is 9.92. The second kappa shape index (κ2) is 6.90. The molecule has 2 unspecified atom stereocenters. The van der Waals surface area contributed by atoms with Gasteiger partial charge < -0.3 is 19.1 Å². The standard InChI is InChI=1S/C18H22BrN5O2/c1-22(2)16-17(21-8-7-20-16)23-9-5-12-6-10-24(13(12)11-23)18(25)14-3-4-15(19)26-14/h3-4,7-8,12-13H,5-6,9-11H2,1-2H3. The highest BCUT2D eigenvalue weighted by molar-refractivity contribution is 9.10. The molecule has 2 saturated heterocycles. The fourth-order valence-corrected chi connectivity index (χ4v) is 4.32. The number of amides is 1. The van der Waals surface area contributed by atoms with Gasteiger partial charge >= 0.3 is 0 Å². The number of carbonyl (C=O) groups is 1. The van der Waals surface area contributed by atoms with Crippen molar-refractivity contribution in [1.82, 2.24) is 14.9 Å². The lowest BCUT2D eigenvalue weighted by Gasteiger charge is -2.39. The second-order valence-corrected chi connectivity index (χ2v) is 7.83. The molecule has 2 fully saturated rings. The average molecular weight is 420 g/mol. The topological polar surface area (TPSA) is 65.7 Å². The molecule has 7 nitrogen and oxygen atoms in total. The largest absolute Gasteiger partial charge is 0.444 e. The van der Waals surface area contributed by atoms with Crippen LogP contribution in [0, 0.1) is 5.92 Å². The van der Waals surface area contributed by atoms with Crippen LogP contribution in [-0.2, 0) is 0 Å². The molecule has 2 aliphatic heterocycles. The molecule has 0 spiro atoms. The molecule has 0 radical (unpaired) electrons. The van der Waals surface area contributed by atoms with E-state index in [1.807, 2.05) is 23.9 Å². The highest BCUT2D eigenvalue weighted by Crippen LogP contribution is 2.36. The summed E-state index contributed by atoms with van der Waals surface area (Å²) in [4.78, 5) is 28.1. The molecule has 2 aromatic rings. The third-order valence-electron chi connectivity index (χ3n) is 5.29. The van der Waals surface area contributed by atoms with Gasteiger partial charge in [-0.3, -0.25) is 4.79 Å². The van der Waals surface area contributed by atoms with E-state index in [4.69, 9.17) is 4.42 Å². The number of nitrogens with zero attached hydrogens (tertiary/aromatic N) is 5. The van der Waals surface area contributed by atoms with Crippen LogP contribution in [0.2, 0.25) is 0 Å². The number of piperidine rings is 1. The number of likely N-dealkylation sites (tertiary alicyclic amines) is 1. The number of carbonyl (C=O) groups excluding carboxylic acids is 1. The maximum atomic E-state index is 12.9. The van der Waals surface area contributed by atoms with Crippen LogP contribution < -0.4 is 9.80 Å². The van der Waals surface area contributed by atoms with Crippen molar-refractivity contribution in [3.63, 3.8) is 0 Å². The number of hydrogen-bond acceptors (Lipinski definition) is 6. The van der Waals surface area contributed by atoms with E-state index in [2.05, 4.69) is 30.8 Å². The molecule has 2 aromatic heterocycles. The Morgan fingerprint density at radius 3 is 2.73 bits per heavy atom. The van der Waals surface area contributed by atoms with Crippen LogP contribution >= 0.6 is 15.9 Å². The van der Waals surface area contributed by atoms with Crippen molar-refractivity contribution in [3.05, 3.63) is 35.0 Å². The van der Waals surface area contributed by atoms with Crippen molar-refractivity contribution >= 4 is 33.5 Å². The van der Waals surface area contributed by atoms with E-state index >= 15 is 0 Å². The monoisotopic (exact) mass is 419 g/mol. The Balaban J connectivity index is 1.56. The van der Waals surface area contributed by atoms with Crippen LogP contribution in [0.15, 0.2) is 33.6 Å². The van der Waals surface area contributed by atoms with Gasteiger partial charge in [-0.1, -0.05) is 0 Å². The minimum absolute atomic E-state index is 0.0305. The first kappa shape index (κ1) is 17.3. The first-order valence-corrected chi connectivity index (χ1v) is 9.63. The van der Waals surface area contributed by atoms with E-state index < -0.39 is 0 Å². The van der Waals surface area contributed by atoms with Crippen LogP contribution in [0.4, 0.5) is 11.6 Å². The van der Waals surface area contributed by atoms with Gasteiger partial charge in [0.1, 0.15) is 0 Å². The lowest BCUT2D eigenvalue weighted by molar-refractivity contribution is 0.0678. The molecule has 4 heterocycles. The van der Waals surface area contributed by atoms with Gasteiger partial charge in [0.05, 0.1) is 6.04 Å². The minimum Gasteiger partial charge on any atom is -0.444 e. The molecule has 26 heavy (non-hydrogen) atoms. The van der Waals surface area contributed by atoms with E-state index in [-0.39, 0.29) is 11.9 Å². The Bertz CT molecular complexity index is 808. The fraction of sp³-hybridized carbons (Fsp3) is 0.500. The zero-order valence-electron chi connectivity index (χ0n) is 14.9. The summed E-state index contributed by atoms with van der Waals surface area (Å²) in [6, 6.07) is 3.67. The van der Waals surface area contributed by atoms with Gasteiger partial charge in [-0.15, -0.1) is 0 Å². The SMILES string of the molecule is CN(C)c1nccnc1N1CCC2CCN(C(=O)c3ccc(Br)o3)C2C1. The van der Waals surface area contributed by atoms with Gasteiger partial charge in [-0.25, -0.2) is 9.97 Å². The Labute approximate surface area is 161 Å². The zero-order chi connectivity index (χ0) is 18.3. The number of anilines is 2. The van der Waals surface area contributed by atoms with Crippen LogP contribution in [0.5, 0.6) is 0 Å². The maximum absolute atomic E-state index is 12.9. The van der Waals surface area contributed by atoms with Crippen molar-refractivity contribution in [2.75, 3.05) is 43.5 Å². The van der Waals surface area contributed by atoms with Crippen molar-refractivity contribution in [2.45, 2.75) is 18.9 Å². The van der Waals surface area contributed by atoms with E-state index in [9.17, 15) is 4.79 Å². The molecule has 8 heteroatoms. The summed E-state index contributed by atoms with van der Waals surface area (Å²) in [6.45, 7) is 2.49. The summed E-state index contributed by atoms with van der Waals surface area (Å²) in [5.74, 6) is 2.64. The predicted molar refractivity (Wildman–Crippen MR) is 103 cm³/mol. The number of halogens is 1. The highest BCUT2D eigenvalue weighted by atomic mass is 79.9. The van der Waals surface area contributed by atoms with Gasteiger partial charge in [0.25, 0.3) is 5.91 Å². The molecule has 1 amide bonds. The quantitative estimate of drug-likeness (QED) is 0.761. The molecule has 0 aromatic carbocycles. The highest BCUT2D eigenvalue weighted by Gasteiger charge is 2.42. The van der Waals surface area contributed by atoms with E-state index in [0.717, 1.165) is 44.1 Å². The Hall–Kier alpha value is -2.09. The van der Waals surface area contributed by atoms with Crippen LogP contribution in [0.25, 0.3) is 0 Å². The van der Waals surface area contributed by atoms with Gasteiger partial charge in [0, 0.05) is 46.1 Å². The summed E-state index contributed by atoms with van der Waals surface area (Å²) in [5, 5.41) is 0. The molecule has 0 saturated carbocycles. The maximum Gasteiger partial charge on any atom is 0.289 e. The molecule has 0 aliphatic carbocycles. The van der Waals surface area contributed by atoms with Gasteiger partial charge in [0.2, 0.25) is 0 Å². The van der Waals surface area contributed by atoms with Crippen molar-refractivity contribution < 1.29 is 9.21 Å². The lowest BCUT2D eigenvalue weighted by Crippen LogP contribution is -2.50. The normalized spacial score (nSPS) is 22.4. The molecule has 0 N–H and O–H groups in total. The summed E-state index contributed by atoms with van der Waals surface area (Å²) in [5.41, 5.74) is 0. The van der Waals surface area contributed by atoms with Crippen molar-refractivity contribution in [3.8, 4) is 0 Å². The minimum atomic E-state index is -0.0305. The Morgan fingerprint density at radius 2 is 2.00 bits per heavy atom. The number of aromatic nitrogens is 2.